The maximum atomic E-state index is 12.1. The fourth-order valence-electron chi connectivity index (χ4n) is 3.33. The van der Waals surface area contributed by atoms with Crippen LogP contribution in [0, 0.1) is 0 Å². The molecule has 2 aromatic carbocycles. The molecule has 0 amide bonds. The van der Waals surface area contributed by atoms with Gasteiger partial charge in [-0.25, -0.2) is 9.59 Å². The Morgan fingerprint density at radius 2 is 1.30 bits per heavy atom. The zero-order valence-corrected chi connectivity index (χ0v) is 16.1. The van der Waals surface area contributed by atoms with Crippen molar-refractivity contribution in [1.82, 2.24) is 0 Å². The van der Waals surface area contributed by atoms with Crippen LogP contribution < -0.4 is 20.7 Å². The second-order valence-electron chi connectivity index (χ2n) is 6.39. The van der Waals surface area contributed by atoms with Gasteiger partial charge in [-0.15, -0.1) is 0 Å². The molecule has 0 spiro atoms. The normalized spacial score (nSPS) is 11.6. The van der Waals surface area contributed by atoms with E-state index in [-0.39, 0.29) is 16.7 Å². The summed E-state index contributed by atoms with van der Waals surface area (Å²) < 4.78 is 21.6. The molecular formula is C23H16O7. The Balaban J connectivity index is 2.09. The topological polar surface area (TPSA) is 96.0 Å². The van der Waals surface area contributed by atoms with Gasteiger partial charge in [-0.2, -0.15) is 0 Å². The van der Waals surface area contributed by atoms with E-state index in [0.717, 1.165) is 0 Å². The summed E-state index contributed by atoms with van der Waals surface area (Å²) in [4.78, 5) is 35.8. The van der Waals surface area contributed by atoms with Gasteiger partial charge in [-0.3, -0.25) is 4.79 Å². The van der Waals surface area contributed by atoms with Crippen molar-refractivity contribution >= 4 is 39.9 Å². The number of methoxy groups -OCH3 is 2. The Hall–Kier alpha value is -4.13. The molecule has 2 heterocycles. The van der Waals surface area contributed by atoms with Gasteiger partial charge < -0.3 is 18.3 Å². The van der Waals surface area contributed by atoms with Gasteiger partial charge in [-0.05, 0) is 42.5 Å². The summed E-state index contributed by atoms with van der Waals surface area (Å²) in [7, 11) is 2.92. The average Bonchev–Trinajstić information content (AvgIpc) is 2.76. The van der Waals surface area contributed by atoms with Crippen molar-refractivity contribution < 1.29 is 23.1 Å². The van der Waals surface area contributed by atoms with E-state index in [1.807, 2.05) is 0 Å². The lowest BCUT2D eigenvalue weighted by atomic mass is 9.99. The highest BCUT2D eigenvalue weighted by Crippen LogP contribution is 2.36. The van der Waals surface area contributed by atoms with Gasteiger partial charge in [0.25, 0.3) is 0 Å². The van der Waals surface area contributed by atoms with E-state index in [1.165, 1.54) is 32.4 Å². The summed E-state index contributed by atoms with van der Waals surface area (Å²) in [5.74, 6) is 0.743. The van der Waals surface area contributed by atoms with E-state index in [0.29, 0.717) is 39.7 Å². The van der Waals surface area contributed by atoms with Crippen molar-refractivity contribution in [3.63, 3.8) is 0 Å². The van der Waals surface area contributed by atoms with Crippen molar-refractivity contribution in [2.75, 3.05) is 14.2 Å². The standard InChI is InChI=1S/C23H16O7/c1-27-17-7-3-13-5-9-19(25)29-22(13)16(17)11-15(12-24)21-18(28-2)8-4-14-6-10-20(26)30-23(14)21/h3-12H,1-2H3/b15-11-. The molecule has 7 heteroatoms. The average molecular weight is 404 g/mol. The molecule has 0 saturated heterocycles. The monoisotopic (exact) mass is 404 g/mol. The Labute approximate surface area is 169 Å². The second-order valence-corrected chi connectivity index (χ2v) is 6.39. The quantitative estimate of drug-likeness (QED) is 0.217. The maximum Gasteiger partial charge on any atom is 0.336 e. The lowest BCUT2D eigenvalue weighted by molar-refractivity contribution is -0.103. The number of carbonyl (C=O) groups is 1. The summed E-state index contributed by atoms with van der Waals surface area (Å²) >= 11 is 0. The minimum absolute atomic E-state index is 0.157. The highest BCUT2D eigenvalue weighted by molar-refractivity contribution is 6.19. The van der Waals surface area contributed by atoms with Crippen LogP contribution in [0.1, 0.15) is 11.1 Å². The number of fused-ring (bicyclic) bond motifs is 2. The summed E-state index contributed by atoms with van der Waals surface area (Å²) in [6.45, 7) is 0. The van der Waals surface area contributed by atoms with Crippen molar-refractivity contribution in [3.8, 4) is 11.5 Å². The predicted molar refractivity (Wildman–Crippen MR) is 112 cm³/mol. The molecule has 2 aromatic heterocycles. The van der Waals surface area contributed by atoms with Gasteiger partial charge >= 0.3 is 11.3 Å². The molecule has 4 rings (SSSR count). The number of carbonyl (C=O) groups excluding carboxylic acids is 1. The Kier molecular flexibility index (Phi) is 4.93. The molecule has 0 fully saturated rings. The maximum absolute atomic E-state index is 12.1. The number of benzene rings is 2. The SMILES string of the molecule is COc1ccc2ccc(=O)oc2c1/C=C(/C=O)c1c(OC)ccc2ccc(=O)oc12. The van der Waals surface area contributed by atoms with Crippen molar-refractivity contribution in [2.45, 2.75) is 0 Å². The number of aldehydes is 1. The number of hydrogen-bond donors (Lipinski definition) is 0. The van der Waals surface area contributed by atoms with Gasteiger partial charge in [0.05, 0.1) is 25.3 Å². The molecule has 150 valence electrons. The van der Waals surface area contributed by atoms with E-state index in [2.05, 4.69) is 0 Å². The molecule has 0 aliphatic heterocycles. The predicted octanol–water partition coefficient (Wildman–Crippen LogP) is 3.66. The number of rotatable bonds is 5. The van der Waals surface area contributed by atoms with Crippen LogP contribution >= 0.6 is 0 Å². The molecule has 0 unspecified atom stereocenters. The number of hydrogen-bond acceptors (Lipinski definition) is 7. The van der Waals surface area contributed by atoms with Crippen molar-refractivity contribution in [1.29, 1.82) is 0 Å². The Bertz CT molecular complexity index is 1420. The zero-order chi connectivity index (χ0) is 21.3. The fourth-order valence-corrected chi connectivity index (χ4v) is 3.33. The third-order valence-corrected chi connectivity index (χ3v) is 4.70. The van der Waals surface area contributed by atoms with Crippen LogP contribution in [0.3, 0.4) is 0 Å². The molecule has 0 saturated carbocycles. The molecule has 4 aromatic rings. The highest BCUT2D eigenvalue weighted by atomic mass is 16.5. The highest BCUT2D eigenvalue weighted by Gasteiger charge is 2.18. The van der Waals surface area contributed by atoms with E-state index >= 15 is 0 Å². The third kappa shape index (κ3) is 3.26. The minimum atomic E-state index is -0.559. The van der Waals surface area contributed by atoms with Crippen LogP contribution in [0.4, 0.5) is 0 Å². The van der Waals surface area contributed by atoms with Gasteiger partial charge in [-0.1, -0.05) is 0 Å². The number of ether oxygens (including phenoxy) is 2. The van der Waals surface area contributed by atoms with Gasteiger partial charge in [0.2, 0.25) is 0 Å². The second kappa shape index (κ2) is 7.71. The van der Waals surface area contributed by atoms with Gasteiger partial charge in [0.1, 0.15) is 22.7 Å². The van der Waals surface area contributed by atoms with Crippen molar-refractivity contribution in [2.24, 2.45) is 0 Å². The summed E-state index contributed by atoms with van der Waals surface area (Å²) in [6, 6.07) is 12.7. The Morgan fingerprint density at radius 3 is 1.90 bits per heavy atom. The van der Waals surface area contributed by atoms with Crippen LogP contribution in [0.25, 0.3) is 33.6 Å². The van der Waals surface area contributed by atoms with E-state index in [1.54, 1.807) is 36.4 Å². The summed E-state index contributed by atoms with van der Waals surface area (Å²) in [5.41, 5.74) is 0.238. The van der Waals surface area contributed by atoms with E-state index in [9.17, 15) is 14.4 Å². The first-order chi connectivity index (χ1) is 14.5. The number of allylic oxidation sites excluding steroid dienone is 1. The smallest absolute Gasteiger partial charge is 0.336 e. The summed E-state index contributed by atoms with van der Waals surface area (Å²) in [6.07, 6.45) is 2.13. The molecule has 30 heavy (non-hydrogen) atoms. The van der Waals surface area contributed by atoms with Crippen LogP contribution in [-0.4, -0.2) is 20.5 Å². The first kappa shape index (κ1) is 19.2. The molecule has 0 bridgehead atoms. The molecule has 0 N–H and O–H groups in total. The molecule has 7 nitrogen and oxygen atoms in total. The lowest BCUT2D eigenvalue weighted by Gasteiger charge is -2.12. The third-order valence-electron chi connectivity index (χ3n) is 4.70. The van der Waals surface area contributed by atoms with Crippen molar-refractivity contribution in [3.05, 3.63) is 80.5 Å². The molecule has 0 atom stereocenters. The Morgan fingerprint density at radius 1 is 0.767 bits per heavy atom. The fraction of sp³-hybridized carbons (Fsp3) is 0.0870. The molecule has 0 aliphatic rings. The first-order valence-corrected chi connectivity index (χ1v) is 8.94. The first-order valence-electron chi connectivity index (χ1n) is 8.94. The van der Waals surface area contributed by atoms with Crippen LogP contribution in [0.5, 0.6) is 11.5 Å². The van der Waals surface area contributed by atoms with Gasteiger partial charge in [0.15, 0.2) is 6.29 Å². The largest absolute Gasteiger partial charge is 0.496 e. The lowest BCUT2D eigenvalue weighted by Crippen LogP contribution is -2.01. The van der Waals surface area contributed by atoms with Crippen LogP contribution in [0.15, 0.2) is 67.0 Å². The molecular weight excluding hydrogens is 388 g/mol. The molecule has 0 aliphatic carbocycles. The molecule has 0 radical (unpaired) electrons. The van der Waals surface area contributed by atoms with E-state index in [4.69, 9.17) is 18.3 Å². The van der Waals surface area contributed by atoms with Crippen LogP contribution in [0.2, 0.25) is 0 Å². The van der Waals surface area contributed by atoms with Gasteiger partial charge in [0, 0.05) is 28.5 Å². The summed E-state index contributed by atoms with van der Waals surface area (Å²) in [5, 5.41) is 1.28. The van der Waals surface area contributed by atoms with E-state index < -0.39 is 11.3 Å². The zero-order valence-electron chi connectivity index (χ0n) is 16.1. The van der Waals surface area contributed by atoms with Crippen LogP contribution in [-0.2, 0) is 4.79 Å². The minimum Gasteiger partial charge on any atom is -0.496 e.